The first-order chi connectivity index (χ1) is 7.28. The Kier molecular flexibility index (Phi) is 3.30. The summed E-state index contributed by atoms with van der Waals surface area (Å²) in [5, 5.41) is 10.4. The Morgan fingerprint density at radius 1 is 1.47 bits per heavy atom. The summed E-state index contributed by atoms with van der Waals surface area (Å²) in [4.78, 5) is 0. The van der Waals surface area contributed by atoms with Crippen LogP contribution in [0.3, 0.4) is 0 Å². The van der Waals surface area contributed by atoms with Crippen molar-refractivity contribution in [1.29, 1.82) is 0 Å². The topological polar surface area (TPSA) is 20.2 Å². The van der Waals surface area contributed by atoms with Crippen LogP contribution < -0.4 is 0 Å². The minimum atomic E-state index is -0.237. The molecule has 1 unspecified atom stereocenters. The van der Waals surface area contributed by atoms with Crippen LogP contribution in [0.1, 0.15) is 45.4 Å². The Hall–Kier alpha value is -0.560. The molecule has 1 nitrogen and oxygen atoms in total. The molecule has 1 fully saturated rings. The SMILES string of the molecule is CCCC1(C(O)C2=C[CH]CC=C2)CCC1. The Bertz CT molecular complexity index is 271. The van der Waals surface area contributed by atoms with Gasteiger partial charge in [0.25, 0.3) is 0 Å². The van der Waals surface area contributed by atoms with Crippen LogP contribution in [-0.2, 0) is 0 Å². The van der Waals surface area contributed by atoms with Gasteiger partial charge in [-0.2, -0.15) is 0 Å². The minimum Gasteiger partial charge on any atom is -0.388 e. The number of hydrogen-bond donors (Lipinski definition) is 1. The van der Waals surface area contributed by atoms with E-state index >= 15 is 0 Å². The van der Waals surface area contributed by atoms with Gasteiger partial charge in [0, 0.05) is 5.41 Å². The van der Waals surface area contributed by atoms with E-state index in [2.05, 4.69) is 31.6 Å². The molecule has 2 aliphatic carbocycles. The van der Waals surface area contributed by atoms with Crippen LogP contribution >= 0.6 is 0 Å². The van der Waals surface area contributed by atoms with E-state index < -0.39 is 0 Å². The maximum Gasteiger partial charge on any atom is 0.0843 e. The fourth-order valence-electron chi connectivity index (χ4n) is 2.87. The van der Waals surface area contributed by atoms with Gasteiger partial charge in [-0.3, -0.25) is 0 Å². The van der Waals surface area contributed by atoms with Gasteiger partial charge in [-0.05, 0) is 37.7 Å². The maximum atomic E-state index is 10.4. The van der Waals surface area contributed by atoms with E-state index in [1.165, 1.54) is 32.1 Å². The van der Waals surface area contributed by atoms with Crippen molar-refractivity contribution in [3.8, 4) is 0 Å². The lowest BCUT2D eigenvalue weighted by molar-refractivity contribution is -0.0178. The van der Waals surface area contributed by atoms with E-state index in [0.717, 1.165) is 12.0 Å². The largest absolute Gasteiger partial charge is 0.388 e. The average molecular weight is 205 g/mol. The van der Waals surface area contributed by atoms with Crippen molar-refractivity contribution < 1.29 is 5.11 Å². The summed E-state index contributed by atoms with van der Waals surface area (Å²) in [6.45, 7) is 2.21. The zero-order chi connectivity index (χ0) is 10.7. The molecular weight excluding hydrogens is 184 g/mol. The predicted octanol–water partition coefficient (Wildman–Crippen LogP) is 3.41. The van der Waals surface area contributed by atoms with Gasteiger partial charge in [-0.1, -0.05) is 38.0 Å². The van der Waals surface area contributed by atoms with Crippen molar-refractivity contribution in [2.24, 2.45) is 5.41 Å². The molecule has 0 aromatic heterocycles. The summed E-state index contributed by atoms with van der Waals surface area (Å²) in [5.41, 5.74) is 1.32. The molecule has 2 rings (SSSR count). The van der Waals surface area contributed by atoms with Crippen molar-refractivity contribution in [1.82, 2.24) is 0 Å². The Morgan fingerprint density at radius 2 is 2.27 bits per heavy atom. The second-order valence-electron chi connectivity index (χ2n) is 4.91. The second kappa shape index (κ2) is 4.52. The highest BCUT2D eigenvalue weighted by molar-refractivity contribution is 5.32. The molecule has 15 heavy (non-hydrogen) atoms. The molecule has 0 aromatic carbocycles. The van der Waals surface area contributed by atoms with E-state index in [1.807, 2.05) is 0 Å². The van der Waals surface area contributed by atoms with Gasteiger partial charge in [0.1, 0.15) is 0 Å². The first-order valence-electron chi connectivity index (χ1n) is 6.16. The first-order valence-corrected chi connectivity index (χ1v) is 6.16. The number of aliphatic hydroxyl groups excluding tert-OH is 1. The number of aliphatic hydroxyl groups is 1. The summed E-state index contributed by atoms with van der Waals surface area (Å²) < 4.78 is 0. The van der Waals surface area contributed by atoms with Crippen LogP contribution in [0.4, 0.5) is 0 Å². The van der Waals surface area contributed by atoms with E-state index in [-0.39, 0.29) is 11.5 Å². The maximum absolute atomic E-state index is 10.4. The molecule has 1 atom stereocenters. The summed E-state index contributed by atoms with van der Waals surface area (Å²) in [7, 11) is 0. The van der Waals surface area contributed by atoms with Crippen LogP contribution in [0.2, 0.25) is 0 Å². The second-order valence-corrected chi connectivity index (χ2v) is 4.91. The van der Waals surface area contributed by atoms with E-state index in [1.54, 1.807) is 0 Å². The van der Waals surface area contributed by atoms with Gasteiger partial charge in [-0.15, -0.1) is 0 Å². The molecule has 0 amide bonds. The minimum absolute atomic E-state index is 0.204. The van der Waals surface area contributed by atoms with E-state index in [9.17, 15) is 5.11 Å². The van der Waals surface area contributed by atoms with Gasteiger partial charge in [0.2, 0.25) is 0 Å². The monoisotopic (exact) mass is 205 g/mol. The smallest absolute Gasteiger partial charge is 0.0843 e. The molecule has 0 saturated heterocycles. The highest BCUT2D eigenvalue weighted by Crippen LogP contribution is 2.49. The molecule has 0 aromatic rings. The van der Waals surface area contributed by atoms with Crippen molar-refractivity contribution in [2.45, 2.75) is 51.6 Å². The zero-order valence-electron chi connectivity index (χ0n) is 9.58. The fourth-order valence-corrected chi connectivity index (χ4v) is 2.87. The van der Waals surface area contributed by atoms with Crippen LogP contribution in [0.25, 0.3) is 0 Å². The molecule has 0 aliphatic heterocycles. The third kappa shape index (κ3) is 2.03. The molecule has 1 heteroatoms. The number of rotatable bonds is 4. The average Bonchev–Trinajstić information content (AvgIpc) is 2.24. The number of hydrogen-bond acceptors (Lipinski definition) is 1. The summed E-state index contributed by atoms with van der Waals surface area (Å²) in [5.74, 6) is 0. The number of allylic oxidation sites excluding steroid dienone is 2. The highest BCUT2D eigenvalue weighted by atomic mass is 16.3. The van der Waals surface area contributed by atoms with E-state index in [0.29, 0.717) is 0 Å². The van der Waals surface area contributed by atoms with E-state index in [4.69, 9.17) is 0 Å². The van der Waals surface area contributed by atoms with Crippen molar-refractivity contribution in [3.63, 3.8) is 0 Å². The standard InChI is InChI=1S/C14H21O/c1-2-9-14(10-6-11-14)13(15)12-7-4-3-5-8-12/h4-5,7-8,13,15H,2-3,6,9-11H2,1H3. The van der Waals surface area contributed by atoms with Gasteiger partial charge < -0.3 is 5.11 Å². The third-order valence-electron chi connectivity index (χ3n) is 3.89. The third-order valence-corrected chi connectivity index (χ3v) is 3.89. The lowest BCUT2D eigenvalue weighted by atomic mass is 9.61. The molecule has 1 saturated carbocycles. The van der Waals surface area contributed by atoms with Gasteiger partial charge in [0.05, 0.1) is 6.10 Å². The first kappa shape index (κ1) is 10.9. The Labute approximate surface area is 92.9 Å². The highest BCUT2D eigenvalue weighted by Gasteiger charge is 2.43. The normalized spacial score (nSPS) is 25.6. The van der Waals surface area contributed by atoms with Crippen molar-refractivity contribution >= 4 is 0 Å². The fraction of sp³-hybridized carbons (Fsp3) is 0.643. The predicted molar refractivity (Wildman–Crippen MR) is 63.3 cm³/mol. The molecule has 1 N–H and O–H groups in total. The molecular formula is C14H21O. The summed E-state index contributed by atoms with van der Waals surface area (Å²) in [6, 6.07) is 0. The van der Waals surface area contributed by atoms with Gasteiger partial charge >= 0.3 is 0 Å². The molecule has 0 bridgehead atoms. The van der Waals surface area contributed by atoms with Gasteiger partial charge in [-0.25, -0.2) is 0 Å². The molecule has 1 radical (unpaired) electrons. The van der Waals surface area contributed by atoms with Crippen LogP contribution in [-0.4, -0.2) is 11.2 Å². The van der Waals surface area contributed by atoms with Crippen LogP contribution in [0.5, 0.6) is 0 Å². The van der Waals surface area contributed by atoms with Crippen LogP contribution in [0, 0.1) is 11.8 Å². The van der Waals surface area contributed by atoms with Crippen LogP contribution in [0.15, 0.2) is 23.8 Å². The molecule has 0 heterocycles. The van der Waals surface area contributed by atoms with Gasteiger partial charge in [0.15, 0.2) is 0 Å². The molecule has 83 valence electrons. The molecule has 0 spiro atoms. The quantitative estimate of drug-likeness (QED) is 0.745. The lowest BCUT2D eigenvalue weighted by Gasteiger charge is -2.46. The summed E-state index contributed by atoms with van der Waals surface area (Å²) >= 11 is 0. The molecule has 2 aliphatic rings. The lowest BCUT2D eigenvalue weighted by Crippen LogP contribution is -2.42. The zero-order valence-corrected chi connectivity index (χ0v) is 9.58. The summed E-state index contributed by atoms with van der Waals surface area (Å²) in [6.07, 6.45) is 15.3. The Morgan fingerprint density at radius 3 is 2.73 bits per heavy atom. The van der Waals surface area contributed by atoms with Crippen molar-refractivity contribution in [3.05, 3.63) is 30.2 Å². The Balaban J connectivity index is 2.07. The van der Waals surface area contributed by atoms with Crippen molar-refractivity contribution in [2.75, 3.05) is 0 Å².